The Hall–Kier alpha value is -5.43. The van der Waals surface area contributed by atoms with Crippen LogP contribution in [0.2, 0.25) is 0 Å². The van der Waals surface area contributed by atoms with Crippen molar-refractivity contribution in [3.05, 3.63) is 129 Å². The monoisotopic (exact) mass is 964 g/mol. The molecule has 0 saturated heterocycles. The lowest BCUT2D eigenvalue weighted by molar-refractivity contribution is -0.143. The summed E-state index contributed by atoms with van der Waals surface area (Å²) in [5, 5.41) is 0. The minimum absolute atomic E-state index is 0.167. The zero-order valence-corrected chi connectivity index (χ0v) is 43.6. The van der Waals surface area contributed by atoms with Crippen LogP contribution < -0.4 is 13.7 Å². The zero-order chi connectivity index (χ0) is 51.8. The second-order valence-corrected chi connectivity index (χ2v) is 20.9. The van der Waals surface area contributed by atoms with Crippen molar-refractivity contribution in [3.8, 4) is 17.2 Å². The number of ether oxygens (including phenoxy) is 3. The van der Waals surface area contributed by atoms with Gasteiger partial charge in [-0.15, -0.1) is 0 Å². The molecular formula is C55H71F3O9S. The van der Waals surface area contributed by atoms with Gasteiger partial charge in [0, 0.05) is 16.9 Å². The van der Waals surface area contributed by atoms with Crippen molar-refractivity contribution < 1.29 is 54.4 Å². The molecule has 0 amide bonds. The van der Waals surface area contributed by atoms with E-state index >= 15 is 0 Å². The first kappa shape index (κ1) is 56.9. The number of rotatable bonds is 15. The third-order valence-electron chi connectivity index (χ3n) is 12.5. The van der Waals surface area contributed by atoms with Gasteiger partial charge in [0.1, 0.15) is 17.2 Å². The molecule has 4 rings (SSSR count). The predicted octanol–water partition coefficient (Wildman–Crippen LogP) is 13.9. The molecule has 0 radical (unpaired) electrons. The van der Waals surface area contributed by atoms with E-state index in [-0.39, 0.29) is 34.6 Å². The molecule has 0 unspecified atom stereocenters. The molecule has 0 fully saturated rings. The van der Waals surface area contributed by atoms with Gasteiger partial charge in [-0.2, -0.15) is 21.6 Å². The summed E-state index contributed by atoms with van der Waals surface area (Å²) < 4.78 is 81.6. The van der Waals surface area contributed by atoms with Crippen molar-refractivity contribution in [2.24, 2.45) is 10.8 Å². The summed E-state index contributed by atoms with van der Waals surface area (Å²) in [7, 11) is -5.76. The van der Waals surface area contributed by atoms with Crippen molar-refractivity contribution in [2.45, 2.75) is 153 Å². The summed E-state index contributed by atoms with van der Waals surface area (Å²) in [5.41, 5.74) is 1.86. The van der Waals surface area contributed by atoms with Crippen LogP contribution in [0.3, 0.4) is 0 Å². The number of carbonyl (C=O) groups is 3. The van der Waals surface area contributed by atoms with Crippen molar-refractivity contribution in [1.82, 2.24) is 0 Å². The lowest BCUT2D eigenvalue weighted by atomic mass is 9.69. The third-order valence-corrected chi connectivity index (χ3v) is 13.5. The highest BCUT2D eigenvalue weighted by molar-refractivity contribution is 7.88. The first-order valence-electron chi connectivity index (χ1n) is 23.1. The van der Waals surface area contributed by atoms with Gasteiger partial charge >= 0.3 is 33.5 Å². The van der Waals surface area contributed by atoms with E-state index in [0.29, 0.717) is 30.9 Å². The van der Waals surface area contributed by atoms with Crippen LogP contribution in [0.1, 0.15) is 159 Å². The highest BCUT2D eigenvalue weighted by Crippen LogP contribution is 2.44. The quantitative estimate of drug-likeness (QED) is 0.0377. The lowest BCUT2D eigenvalue weighted by Gasteiger charge is -2.34. The summed E-state index contributed by atoms with van der Waals surface area (Å²) in [6, 6.07) is 22.7. The van der Waals surface area contributed by atoms with E-state index < -0.39 is 31.9 Å². The molecule has 0 aromatic heterocycles. The van der Waals surface area contributed by atoms with Gasteiger partial charge < -0.3 is 18.4 Å². The van der Waals surface area contributed by atoms with E-state index in [2.05, 4.69) is 55.3 Å². The van der Waals surface area contributed by atoms with Gasteiger partial charge in [-0.1, -0.05) is 82.3 Å². The SMILES string of the molecule is CCC(CC)(c1ccc(OC(=O)C(C)(C)C)c(C)c1)c1ccc(OS(=O)(=O)C(F)(F)F)c(C)c1.CCOC(=O)/C=C(\C)c1ccc(C(CC)(CC)c2ccc(OC(=O)C(C)(C)C)c(C)c2)cc1C. The van der Waals surface area contributed by atoms with E-state index in [1.807, 2.05) is 73.6 Å². The molecule has 0 aliphatic heterocycles. The zero-order valence-electron chi connectivity index (χ0n) is 42.8. The van der Waals surface area contributed by atoms with Crippen LogP contribution >= 0.6 is 0 Å². The molecule has 0 bridgehead atoms. The van der Waals surface area contributed by atoms with Crippen molar-refractivity contribution >= 4 is 33.6 Å². The van der Waals surface area contributed by atoms with Crippen LogP contribution in [0.5, 0.6) is 17.2 Å². The molecule has 0 heterocycles. The molecule has 68 heavy (non-hydrogen) atoms. The molecule has 0 aliphatic carbocycles. The van der Waals surface area contributed by atoms with Crippen LogP contribution in [0.15, 0.2) is 78.9 Å². The Morgan fingerprint density at radius 2 is 0.882 bits per heavy atom. The smallest absolute Gasteiger partial charge is 0.463 e. The first-order chi connectivity index (χ1) is 31.4. The molecule has 372 valence electrons. The van der Waals surface area contributed by atoms with E-state index in [4.69, 9.17) is 14.2 Å². The van der Waals surface area contributed by atoms with Crippen molar-refractivity contribution in [2.75, 3.05) is 6.61 Å². The molecule has 9 nitrogen and oxygen atoms in total. The van der Waals surface area contributed by atoms with Crippen LogP contribution in [0.25, 0.3) is 5.57 Å². The number of hydrogen-bond donors (Lipinski definition) is 0. The van der Waals surface area contributed by atoms with E-state index in [9.17, 15) is 36.0 Å². The lowest BCUT2D eigenvalue weighted by Crippen LogP contribution is -2.29. The Bertz CT molecular complexity index is 2590. The summed E-state index contributed by atoms with van der Waals surface area (Å²) in [5.74, 6) is -0.206. The van der Waals surface area contributed by atoms with Crippen molar-refractivity contribution in [3.63, 3.8) is 0 Å². The molecule has 0 saturated carbocycles. The fourth-order valence-corrected chi connectivity index (χ4v) is 8.66. The molecule has 0 atom stereocenters. The normalized spacial score (nSPS) is 12.7. The maximum atomic E-state index is 12.7. The van der Waals surface area contributed by atoms with Crippen LogP contribution in [-0.2, 0) is 40.1 Å². The minimum Gasteiger partial charge on any atom is -0.463 e. The Morgan fingerprint density at radius 1 is 0.544 bits per heavy atom. The fourth-order valence-electron chi connectivity index (χ4n) is 8.14. The first-order valence-corrected chi connectivity index (χ1v) is 24.5. The predicted molar refractivity (Wildman–Crippen MR) is 264 cm³/mol. The number of allylic oxidation sites excluding steroid dienone is 1. The minimum atomic E-state index is -5.76. The number of benzene rings is 4. The molecule has 4 aromatic rings. The Labute approximate surface area is 403 Å². The van der Waals surface area contributed by atoms with Gasteiger partial charge in [-0.05, 0) is 183 Å². The number of hydrogen-bond acceptors (Lipinski definition) is 9. The Kier molecular flexibility index (Phi) is 18.7. The fraction of sp³-hybridized carbons (Fsp3) is 0.473. The number of halogens is 3. The van der Waals surface area contributed by atoms with Crippen molar-refractivity contribution in [1.29, 1.82) is 0 Å². The summed E-state index contributed by atoms with van der Waals surface area (Å²) in [4.78, 5) is 36.6. The molecule has 0 aliphatic rings. The molecular weight excluding hydrogens is 894 g/mol. The van der Waals surface area contributed by atoms with Gasteiger partial charge in [-0.3, -0.25) is 9.59 Å². The highest BCUT2D eigenvalue weighted by atomic mass is 32.2. The van der Waals surface area contributed by atoms with Gasteiger partial charge in [0.25, 0.3) is 0 Å². The highest BCUT2D eigenvalue weighted by Gasteiger charge is 2.49. The van der Waals surface area contributed by atoms with Gasteiger partial charge in [0.2, 0.25) is 0 Å². The number of carbonyl (C=O) groups excluding carboxylic acids is 3. The molecule has 4 aromatic carbocycles. The molecule has 13 heteroatoms. The van der Waals surface area contributed by atoms with E-state index in [0.717, 1.165) is 51.8 Å². The topological polar surface area (TPSA) is 122 Å². The maximum absolute atomic E-state index is 12.7. The Morgan fingerprint density at radius 3 is 1.18 bits per heavy atom. The largest absolute Gasteiger partial charge is 0.534 e. The molecule has 0 spiro atoms. The average Bonchev–Trinajstić information content (AvgIpc) is 3.24. The standard InChI is InChI=1S/C30H40O4.C25H31F3O5S/c1-10-30(11-2,24-14-16-26(22(6)18-24)34-28(32)29(7,8)9)23-13-15-25(20(4)17-23)21(5)19-27(31)33-12-3;1-8-24(9-2,18-10-12-20(16(3)14-18)32-22(29)23(5,6)7)19-11-13-21(17(4)15-19)33-34(30,31)25(26,27)28/h13-19H,10-12H2,1-9H3;10-15H,8-9H2,1-7H3/b21-19+;. The average molecular weight is 965 g/mol. The number of esters is 3. The second-order valence-electron chi connectivity index (χ2n) is 19.4. The summed E-state index contributed by atoms with van der Waals surface area (Å²) >= 11 is 0. The number of aryl methyl sites for hydroxylation is 4. The second kappa shape index (κ2) is 22.3. The third kappa shape index (κ3) is 13.2. The van der Waals surface area contributed by atoms with E-state index in [1.165, 1.54) is 24.1 Å². The van der Waals surface area contributed by atoms with Gasteiger partial charge in [0.05, 0.1) is 17.4 Å². The van der Waals surface area contributed by atoms with Gasteiger partial charge in [-0.25, -0.2) is 4.79 Å². The van der Waals surface area contributed by atoms with Crippen LogP contribution in [0.4, 0.5) is 13.2 Å². The molecule has 0 N–H and O–H groups in total. The Balaban J connectivity index is 0.000000360. The van der Waals surface area contributed by atoms with Crippen LogP contribution in [-0.4, -0.2) is 38.4 Å². The van der Waals surface area contributed by atoms with E-state index in [1.54, 1.807) is 52.0 Å². The van der Waals surface area contributed by atoms with Crippen LogP contribution in [0, 0.1) is 38.5 Å². The van der Waals surface area contributed by atoms with Gasteiger partial charge in [0.15, 0.2) is 0 Å². The number of alkyl halides is 3. The summed E-state index contributed by atoms with van der Waals surface area (Å²) in [6.07, 6.45) is 4.76. The maximum Gasteiger partial charge on any atom is 0.534 e. The summed E-state index contributed by atoms with van der Waals surface area (Å²) in [6.45, 7) is 30.8.